The van der Waals surface area contributed by atoms with Gasteiger partial charge in [-0.05, 0) is 31.7 Å². The van der Waals surface area contributed by atoms with Crippen molar-refractivity contribution in [3.05, 3.63) is 35.2 Å². The molecule has 0 aliphatic heterocycles. The van der Waals surface area contributed by atoms with Gasteiger partial charge in [0.15, 0.2) is 38.2 Å². The van der Waals surface area contributed by atoms with Crippen molar-refractivity contribution < 1.29 is 36.0 Å². The summed E-state index contributed by atoms with van der Waals surface area (Å²) in [6, 6.07) is 2.86. The summed E-state index contributed by atoms with van der Waals surface area (Å²) in [4.78, 5) is 45.1. The normalized spacial score (nSPS) is 17.2. The molecule has 1 N–H and O–H groups in total. The van der Waals surface area contributed by atoms with Crippen LogP contribution >= 0.6 is 0 Å². The first-order valence-electron chi connectivity index (χ1n) is 9.19. The Hall–Kier alpha value is -2.73. The molecule has 1 atom stereocenters. The van der Waals surface area contributed by atoms with Crippen molar-refractivity contribution in [2.45, 2.75) is 30.8 Å². The number of carbonyl (C=O) groups excluding carboxylic acids is 3. The Labute approximate surface area is 175 Å². The molecule has 2 aromatic rings. The van der Waals surface area contributed by atoms with Gasteiger partial charge in [0, 0.05) is 30.0 Å². The van der Waals surface area contributed by atoms with Crippen molar-refractivity contribution >= 4 is 38.2 Å². The van der Waals surface area contributed by atoms with Crippen LogP contribution in [0.1, 0.15) is 46.4 Å². The minimum absolute atomic E-state index is 0.0243. The summed E-state index contributed by atoms with van der Waals surface area (Å²) in [5.74, 6) is -3.69. The Kier molecular flexibility index (Phi) is 5.98. The van der Waals surface area contributed by atoms with Crippen LogP contribution in [-0.2, 0) is 25.6 Å². The maximum absolute atomic E-state index is 13.2. The van der Waals surface area contributed by atoms with Crippen LogP contribution in [0.3, 0.4) is 0 Å². The lowest BCUT2D eigenvalue weighted by Crippen LogP contribution is -2.37. The predicted octanol–water partition coefficient (Wildman–Crippen LogP) is 2.03. The van der Waals surface area contributed by atoms with Gasteiger partial charge in [0.25, 0.3) is 0 Å². The summed E-state index contributed by atoms with van der Waals surface area (Å²) in [5.41, 5.74) is -2.41. The number of fused-ring (bicyclic) bond motifs is 1. The molecule has 1 fully saturated rings. The van der Waals surface area contributed by atoms with Crippen LogP contribution in [0.5, 0.6) is 0 Å². The number of sulfone groups is 1. The van der Waals surface area contributed by atoms with Crippen LogP contribution in [0.4, 0.5) is 13.2 Å². The van der Waals surface area contributed by atoms with E-state index in [1.807, 2.05) is 0 Å². The van der Waals surface area contributed by atoms with E-state index in [-0.39, 0.29) is 23.8 Å². The van der Waals surface area contributed by atoms with E-state index in [0.29, 0.717) is 12.5 Å². The highest BCUT2D eigenvalue weighted by Crippen LogP contribution is 2.32. The van der Waals surface area contributed by atoms with Crippen molar-refractivity contribution in [1.29, 1.82) is 0 Å². The monoisotopic (exact) mass is 457 g/mol. The number of Topliss-reactive ketones (excluding diaryl/α,β-unsaturated/α-hetero) is 3. The third-order valence-electron chi connectivity index (χ3n) is 4.95. The second kappa shape index (κ2) is 8.08. The predicted molar refractivity (Wildman–Crippen MR) is 103 cm³/mol. The fraction of sp³-hybridized carbons (Fsp3) is 0.421. The van der Waals surface area contributed by atoms with Crippen LogP contribution in [0.25, 0.3) is 11.0 Å². The molecule has 2 heterocycles. The minimum atomic E-state index is -4.76. The second-order valence-electron chi connectivity index (χ2n) is 7.24. The summed E-state index contributed by atoms with van der Waals surface area (Å²) in [6.07, 6.45) is -3.54. The van der Waals surface area contributed by atoms with Crippen LogP contribution in [-0.4, -0.2) is 49.0 Å². The number of ketones is 3. The molecule has 1 unspecified atom stereocenters. The largest absolute Gasteiger partial charge is 0.433 e. The van der Waals surface area contributed by atoms with Crippen LogP contribution in [0.2, 0.25) is 0 Å². The van der Waals surface area contributed by atoms with E-state index in [1.165, 1.54) is 7.05 Å². The van der Waals surface area contributed by atoms with Gasteiger partial charge in [-0.25, -0.2) is 18.4 Å². The zero-order chi connectivity index (χ0) is 23.1. The molecule has 2 aromatic heterocycles. The molecule has 0 bridgehead atoms. The first kappa shape index (κ1) is 22.9. The molecule has 31 heavy (non-hydrogen) atoms. The standard InChI is InChI=1S/C19H18F3N3O5S/c1-23-18(31(2,29)30)15-10(16(28)14-11(26)4-3-5-12(14)27)8-9-6-7-13(19(20,21)22)24-17(9)25-15/h6-8,14,18,23H,3-5H2,1-2H3. The maximum Gasteiger partial charge on any atom is 0.433 e. The quantitative estimate of drug-likeness (QED) is 0.535. The number of alkyl halides is 3. The maximum atomic E-state index is 13.2. The summed E-state index contributed by atoms with van der Waals surface area (Å²) >= 11 is 0. The van der Waals surface area contributed by atoms with Crippen LogP contribution in [0.15, 0.2) is 18.2 Å². The molecular formula is C19H18F3N3O5S. The zero-order valence-electron chi connectivity index (χ0n) is 16.5. The molecule has 166 valence electrons. The lowest BCUT2D eigenvalue weighted by molar-refractivity contribution is -0.141. The average Bonchev–Trinajstić information content (AvgIpc) is 2.65. The first-order chi connectivity index (χ1) is 14.3. The van der Waals surface area contributed by atoms with E-state index in [0.717, 1.165) is 18.4 Å². The average molecular weight is 457 g/mol. The molecule has 12 heteroatoms. The molecule has 1 aliphatic rings. The molecule has 0 saturated heterocycles. The molecular weight excluding hydrogens is 439 g/mol. The number of hydrogen-bond acceptors (Lipinski definition) is 8. The van der Waals surface area contributed by atoms with E-state index < -0.39 is 61.7 Å². The highest BCUT2D eigenvalue weighted by Gasteiger charge is 2.40. The topological polar surface area (TPSA) is 123 Å². The SMILES string of the molecule is CNC(c1nc2nc(C(F)(F)F)ccc2cc1C(=O)C1C(=O)CCCC1=O)S(C)(=O)=O. The van der Waals surface area contributed by atoms with Crippen molar-refractivity contribution in [2.75, 3.05) is 13.3 Å². The fourth-order valence-corrected chi connectivity index (χ4v) is 4.54. The number of carbonyl (C=O) groups is 3. The van der Waals surface area contributed by atoms with Gasteiger partial charge in [0.05, 0.1) is 5.69 Å². The zero-order valence-corrected chi connectivity index (χ0v) is 17.3. The third kappa shape index (κ3) is 4.49. The molecule has 0 aromatic carbocycles. The highest BCUT2D eigenvalue weighted by atomic mass is 32.2. The lowest BCUT2D eigenvalue weighted by Gasteiger charge is -2.22. The minimum Gasteiger partial charge on any atom is -0.299 e. The van der Waals surface area contributed by atoms with E-state index in [9.17, 15) is 36.0 Å². The van der Waals surface area contributed by atoms with Crippen LogP contribution in [0, 0.1) is 5.92 Å². The number of nitrogens with zero attached hydrogens (tertiary/aromatic N) is 2. The van der Waals surface area contributed by atoms with Crippen molar-refractivity contribution in [3.63, 3.8) is 0 Å². The Morgan fingerprint density at radius 3 is 2.29 bits per heavy atom. The molecule has 1 aliphatic carbocycles. The Balaban J connectivity index is 2.27. The number of aromatic nitrogens is 2. The summed E-state index contributed by atoms with van der Waals surface area (Å²) in [5, 5.41) is 0.924. The van der Waals surface area contributed by atoms with Gasteiger partial charge in [-0.1, -0.05) is 0 Å². The van der Waals surface area contributed by atoms with Crippen molar-refractivity contribution in [3.8, 4) is 0 Å². The fourth-order valence-electron chi connectivity index (χ4n) is 3.53. The Morgan fingerprint density at radius 2 is 1.77 bits per heavy atom. The summed E-state index contributed by atoms with van der Waals surface area (Å²) < 4.78 is 63.6. The van der Waals surface area contributed by atoms with Gasteiger partial charge in [-0.15, -0.1) is 0 Å². The van der Waals surface area contributed by atoms with E-state index in [1.54, 1.807) is 0 Å². The van der Waals surface area contributed by atoms with Gasteiger partial charge in [0.1, 0.15) is 11.6 Å². The Bertz CT molecular complexity index is 1180. The molecule has 1 saturated carbocycles. The van der Waals surface area contributed by atoms with Crippen molar-refractivity contribution in [1.82, 2.24) is 15.3 Å². The van der Waals surface area contributed by atoms with Gasteiger partial charge in [-0.2, -0.15) is 13.2 Å². The first-order valence-corrected chi connectivity index (χ1v) is 11.1. The molecule has 8 nitrogen and oxygen atoms in total. The number of halogens is 3. The molecule has 0 spiro atoms. The third-order valence-corrected chi connectivity index (χ3v) is 6.27. The number of hydrogen-bond donors (Lipinski definition) is 1. The highest BCUT2D eigenvalue weighted by molar-refractivity contribution is 7.90. The van der Waals surface area contributed by atoms with Gasteiger partial charge >= 0.3 is 6.18 Å². The molecule has 3 rings (SSSR count). The summed E-state index contributed by atoms with van der Waals surface area (Å²) in [7, 11) is -2.67. The Morgan fingerprint density at radius 1 is 1.16 bits per heavy atom. The van der Waals surface area contributed by atoms with Crippen LogP contribution < -0.4 is 5.32 Å². The second-order valence-corrected chi connectivity index (χ2v) is 9.37. The number of nitrogens with one attached hydrogen (secondary N) is 1. The van der Waals surface area contributed by atoms with Gasteiger partial charge in [-0.3, -0.25) is 19.7 Å². The van der Waals surface area contributed by atoms with E-state index in [4.69, 9.17) is 0 Å². The van der Waals surface area contributed by atoms with Crippen molar-refractivity contribution in [2.24, 2.45) is 5.92 Å². The molecule has 0 radical (unpaired) electrons. The van der Waals surface area contributed by atoms with E-state index >= 15 is 0 Å². The smallest absolute Gasteiger partial charge is 0.299 e. The summed E-state index contributed by atoms with van der Waals surface area (Å²) in [6.45, 7) is 0. The van der Waals surface area contributed by atoms with Gasteiger partial charge in [0.2, 0.25) is 0 Å². The van der Waals surface area contributed by atoms with Gasteiger partial charge < -0.3 is 0 Å². The number of rotatable bonds is 5. The lowest BCUT2D eigenvalue weighted by atomic mass is 9.81. The molecule has 0 amide bonds. The van der Waals surface area contributed by atoms with E-state index in [2.05, 4.69) is 15.3 Å². The number of pyridine rings is 2.